The zero-order chi connectivity index (χ0) is 12.7. The van der Waals surface area contributed by atoms with Crippen LogP contribution in [-0.4, -0.2) is 36.0 Å². The van der Waals surface area contributed by atoms with Gasteiger partial charge >= 0.3 is 5.97 Å². The third-order valence-electron chi connectivity index (χ3n) is 3.88. The molecule has 1 spiro atoms. The first kappa shape index (κ1) is 12.8. The molecule has 17 heavy (non-hydrogen) atoms. The number of hydrogen-bond acceptors (Lipinski definition) is 4. The van der Waals surface area contributed by atoms with Crippen LogP contribution in [-0.2, 0) is 19.0 Å². The molecule has 4 heteroatoms. The fraction of sp³-hybridized carbons (Fsp3) is 0.923. The van der Waals surface area contributed by atoms with Gasteiger partial charge in [-0.25, -0.2) is 4.79 Å². The molecule has 0 aromatic rings. The second-order valence-corrected chi connectivity index (χ2v) is 5.53. The maximum atomic E-state index is 12.1. The third-order valence-corrected chi connectivity index (χ3v) is 3.88. The van der Waals surface area contributed by atoms with Gasteiger partial charge in [-0.2, -0.15) is 0 Å². The summed E-state index contributed by atoms with van der Waals surface area (Å²) in [5.41, 5.74) is -1.29. The Hall–Kier alpha value is -0.610. The summed E-state index contributed by atoms with van der Waals surface area (Å²) in [7, 11) is 0. The van der Waals surface area contributed by atoms with Crippen molar-refractivity contribution >= 4 is 5.97 Å². The zero-order valence-corrected chi connectivity index (χ0v) is 11.2. The van der Waals surface area contributed by atoms with E-state index in [2.05, 4.69) is 0 Å². The minimum Gasteiger partial charge on any atom is -0.464 e. The summed E-state index contributed by atoms with van der Waals surface area (Å²) < 4.78 is 16.7. The maximum absolute atomic E-state index is 12.1. The van der Waals surface area contributed by atoms with Gasteiger partial charge in [-0.15, -0.1) is 0 Å². The molecule has 0 radical (unpaired) electrons. The summed E-state index contributed by atoms with van der Waals surface area (Å²) in [6.07, 6.45) is 2.21. The molecule has 2 rings (SSSR count). The van der Waals surface area contributed by atoms with Gasteiger partial charge in [-0.1, -0.05) is 6.92 Å². The molecule has 0 amide bonds. The Kier molecular flexibility index (Phi) is 2.99. The number of carbonyl (C=O) groups is 1. The van der Waals surface area contributed by atoms with E-state index in [-0.39, 0.29) is 17.2 Å². The first-order valence-corrected chi connectivity index (χ1v) is 6.43. The van der Waals surface area contributed by atoms with Gasteiger partial charge in [0.05, 0.1) is 18.8 Å². The van der Waals surface area contributed by atoms with Crippen LogP contribution in [0.5, 0.6) is 0 Å². The molecule has 2 fully saturated rings. The molecule has 0 bridgehead atoms. The smallest absolute Gasteiger partial charge is 0.341 e. The normalized spacial score (nSPS) is 39.1. The SMILES string of the molecule is CCOC(=O)C1(CC)OC12CCOC(C)(C)C2. The molecule has 4 nitrogen and oxygen atoms in total. The molecular formula is C13H22O4. The highest BCUT2D eigenvalue weighted by Gasteiger charge is 2.75. The van der Waals surface area contributed by atoms with E-state index < -0.39 is 5.60 Å². The van der Waals surface area contributed by atoms with Gasteiger partial charge in [0.15, 0.2) is 5.60 Å². The average Bonchev–Trinajstić information content (AvgIpc) is 2.85. The number of hydrogen-bond donors (Lipinski definition) is 0. The van der Waals surface area contributed by atoms with Crippen molar-refractivity contribution in [3.05, 3.63) is 0 Å². The van der Waals surface area contributed by atoms with Crippen molar-refractivity contribution in [3.8, 4) is 0 Å². The second kappa shape index (κ2) is 3.95. The lowest BCUT2D eigenvalue weighted by Crippen LogP contribution is -2.45. The monoisotopic (exact) mass is 242 g/mol. The highest BCUT2D eigenvalue weighted by Crippen LogP contribution is 2.59. The summed E-state index contributed by atoms with van der Waals surface area (Å²) in [4.78, 5) is 12.1. The molecule has 2 saturated heterocycles. The molecule has 2 aliphatic rings. The minimum atomic E-state index is -0.718. The quantitative estimate of drug-likeness (QED) is 0.561. The molecular weight excluding hydrogens is 220 g/mol. The van der Waals surface area contributed by atoms with Crippen LogP contribution in [0, 0.1) is 0 Å². The Bertz CT molecular complexity index is 325. The van der Waals surface area contributed by atoms with Gasteiger partial charge in [0, 0.05) is 12.8 Å². The van der Waals surface area contributed by atoms with Gasteiger partial charge in [-0.05, 0) is 27.2 Å². The van der Waals surface area contributed by atoms with Crippen LogP contribution >= 0.6 is 0 Å². The van der Waals surface area contributed by atoms with Crippen LogP contribution in [0.4, 0.5) is 0 Å². The van der Waals surface area contributed by atoms with E-state index in [9.17, 15) is 4.79 Å². The average molecular weight is 242 g/mol. The summed E-state index contributed by atoms with van der Waals surface area (Å²) >= 11 is 0. The Morgan fingerprint density at radius 1 is 1.35 bits per heavy atom. The first-order valence-electron chi connectivity index (χ1n) is 6.43. The van der Waals surface area contributed by atoms with Crippen molar-refractivity contribution in [2.75, 3.05) is 13.2 Å². The van der Waals surface area contributed by atoms with E-state index in [1.165, 1.54) is 0 Å². The van der Waals surface area contributed by atoms with Crippen LogP contribution in [0.1, 0.15) is 47.0 Å². The van der Waals surface area contributed by atoms with Crippen LogP contribution in [0.2, 0.25) is 0 Å². The van der Waals surface area contributed by atoms with Gasteiger partial charge < -0.3 is 14.2 Å². The van der Waals surface area contributed by atoms with Gasteiger partial charge in [-0.3, -0.25) is 0 Å². The van der Waals surface area contributed by atoms with Gasteiger partial charge in [0.25, 0.3) is 0 Å². The van der Waals surface area contributed by atoms with Crippen molar-refractivity contribution in [3.63, 3.8) is 0 Å². The van der Waals surface area contributed by atoms with Crippen LogP contribution in [0.3, 0.4) is 0 Å². The van der Waals surface area contributed by atoms with Crippen molar-refractivity contribution in [1.82, 2.24) is 0 Å². The molecule has 0 aliphatic carbocycles. The van der Waals surface area contributed by atoms with Crippen molar-refractivity contribution in [2.24, 2.45) is 0 Å². The summed E-state index contributed by atoms with van der Waals surface area (Å²) in [6, 6.07) is 0. The number of ether oxygens (including phenoxy) is 3. The van der Waals surface area contributed by atoms with E-state index in [1.54, 1.807) is 0 Å². The Balaban J connectivity index is 2.16. The maximum Gasteiger partial charge on any atom is 0.341 e. The number of esters is 1. The van der Waals surface area contributed by atoms with E-state index in [4.69, 9.17) is 14.2 Å². The van der Waals surface area contributed by atoms with E-state index in [1.807, 2.05) is 27.7 Å². The third kappa shape index (κ3) is 1.87. The molecule has 2 unspecified atom stereocenters. The predicted molar refractivity (Wildman–Crippen MR) is 62.7 cm³/mol. The number of epoxide rings is 1. The summed E-state index contributed by atoms with van der Waals surface area (Å²) in [5, 5.41) is 0. The van der Waals surface area contributed by atoms with Crippen molar-refractivity contribution in [2.45, 2.75) is 63.8 Å². The van der Waals surface area contributed by atoms with Gasteiger partial charge in [0.1, 0.15) is 5.60 Å². The largest absolute Gasteiger partial charge is 0.464 e. The molecule has 0 saturated carbocycles. The highest BCUT2D eigenvalue weighted by molar-refractivity contribution is 5.85. The fourth-order valence-corrected chi connectivity index (χ4v) is 3.07. The lowest BCUT2D eigenvalue weighted by Gasteiger charge is -2.35. The van der Waals surface area contributed by atoms with Crippen molar-refractivity contribution in [1.29, 1.82) is 0 Å². The van der Waals surface area contributed by atoms with E-state index >= 15 is 0 Å². The Morgan fingerprint density at radius 3 is 2.59 bits per heavy atom. The predicted octanol–water partition coefficient (Wildman–Crippen LogP) is 2.06. The molecule has 0 N–H and O–H groups in total. The topological polar surface area (TPSA) is 48.1 Å². The lowest BCUT2D eigenvalue weighted by atomic mass is 9.78. The first-order chi connectivity index (χ1) is 7.91. The number of rotatable bonds is 3. The van der Waals surface area contributed by atoms with E-state index in [0.717, 1.165) is 12.8 Å². The zero-order valence-electron chi connectivity index (χ0n) is 11.2. The molecule has 0 aromatic heterocycles. The van der Waals surface area contributed by atoms with Crippen molar-refractivity contribution < 1.29 is 19.0 Å². The standard InChI is InChI=1S/C13H22O4/c1-5-13(10(14)15-6-2)12(17-13)7-8-16-11(3,4)9-12/h5-9H2,1-4H3. The molecule has 2 heterocycles. The molecule has 2 atom stereocenters. The van der Waals surface area contributed by atoms with E-state index in [0.29, 0.717) is 19.6 Å². The Morgan fingerprint density at radius 2 is 2.06 bits per heavy atom. The van der Waals surface area contributed by atoms with Gasteiger partial charge in [0.2, 0.25) is 0 Å². The second-order valence-electron chi connectivity index (χ2n) is 5.53. The van der Waals surface area contributed by atoms with Crippen LogP contribution in [0.15, 0.2) is 0 Å². The molecule has 0 aromatic carbocycles. The lowest BCUT2D eigenvalue weighted by molar-refractivity contribution is -0.150. The summed E-state index contributed by atoms with van der Waals surface area (Å²) in [5.74, 6) is -0.208. The number of carbonyl (C=O) groups excluding carboxylic acids is 1. The minimum absolute atomic E-state index is 0.208. The molecule has 98 valence electrons. The van der Waals surface area contributed by atoms with Crippen LogP contribution < -0.4 is 0 Å². The molecule has 2 aliphatic heterocycles. The Labute approximate surface area is 103 Å². The summed E-state index contributed by atoms with van der Waals surface area (Å²) in [6.45, 7) is 8.94. The fourth-order valence-electron chi connectivity index (χ4n) is 3.07. The highest BCUT2D eigenvalue weighted by atomic mass is 16.7. The van der Waals surface area contributed by atoms with Crippen LogP contribution in [0.25, 0.3) is 0 Å².